The van der Waals surface area contributed by atoms with Gasteiger partial charge in [0.25, 0.3) is 5.91 Å². The molecule has 2 aromatic rings. The van der Waals surface area contributed by atoms with E-state index in [0.717, 1.165) is 37.7 Å². The Kier molecular flexibility index (Phi) is 6.08. The predicted octanol–water partition coefficient (Wildman–Crippen LogP) is 3.30. The van der Waals surface area contributed by atoms with Crippen molar-refractivity contribution in [3.63, 3.8) is 0 Å². The van der Waals surface area contributed by atoms with Gasteiger partial charge in [0.1, 0.15) is 24.6 Å². The van der Waals surface area contributed by atoms with Crippen molar-refractivity contribution in [1.82, 2.24) is 10.3 Å². The van der Waals surface area contributed by atoms with Crippen molar-refractivity contribution in [3.05, 3.63) is 47.7 Å². The van der Waals surface area contributed by atoms with Crippen LogP contribution < -0.4 is 20.1 Å². The van der Waals surface area contributed by atoms with Gasteiger partial charge in [0, 0.05) is 24.2 Å². The van der Waals surface area contributed by atoms with Gasteiger partial charge < -0.3 is 20.1 Å². The molecule has 2 aliphatic rings. The lowest BCUT2D eigenvalue weighted by Gasteiger charge is -2.33. The number of carbonyl (C=O) groups is 2. The quantitative estimate of drug-likeness (QED) is 0.745. The molecular weight excluding hydrogens is 394 g/mol. The normalized spacial score (nSPS) is 16.4. The largest absolute Gasteiger partial charge is 0.486 e. The zero-order valence-electron chi connectivity index (χ0n) is 17.5. The highest BCUT2D eigenvalue weighted by Crippen LogP contribution is 2.32. The number of amides is 2. The number of hydrogen-bond donors (Lipinski definition) is 2. The molecule has 0 atom stereocenters. The van der Waals surface area contributed by atoms with Crippen LogP contribution in [0.5, 0.6) is 11.5 Å². The summed E-state index contributed by atoms with van der Waals surface area (Å²) >= 11 is 0. The van der Waals surface area contributed by atoms with E-state index in [-0.39, 0.29) is 11.8 Å². The van der Waals surface area contributed by atoms with Gasteiger partial charge in [0.2, 0.25) is 5.91 Å². The second-order valence-electron chi connectivity index (χ2n) is 7.82. The highest BCUT2D eigenvalue weighted by Gasteiger charge is 2.32. The molecule has 1 aliphatic carbocycles. The molecule has 0 saturated heterocycles. The molecule has 0 unspecified atom stereocenters. The zero-order valence-corrected chi connectivity index (χ0v) is 17.5. The summed E-state index contributed by atoms with van der Waals surface area (Å²) in [5.74, 6) is 7.85. The van der Waals surface area contributed by atoms with Crippen molar-refractivity contribution < 1.29 is 19.1 Å². The topological polar surface area (TPSA) is 89.6 Å². The van der Waals surface area contributed by atoms with Crippen LogP contribution in [0.25, 0.3) is 0 Å². The minimum Gasteiger partial charge on any atom is -0.486 e. The van der Waals surface area contributed by atoms with Gasteiger partial charge in [-0.25, -0.2) is 4.98 Å². The highest BCUT2D eigenvalue weighted by molar-refractivity contribution is 5.95. The maximum atomic E-state index is 13.0. The number of benzene rings is 1. The number of carbonyl (C=O) groups excluding carboxylic acids is 2. The van der Waals surface area contributed by atoms with E-state index < -0.39 is 5.54 Å². The van der Waals surface area contributed by atoms with Gasteiger partial charge in [-0.2, -0.15) is 0 Å². The van der Waals surface area contributed by atoms with Crippen molar-refractivity contribution in [3.8, 4) is 23.3 Å². The van der Waals surface area contributed by atoms with Crippen LogP contribution in [0.2, 0.25) is 0 Å². The van der Waals surface area contributed by atoms with E-state index in [1.165, 1.54) is 6.92 Å². The Balaban J connectivity index is 1.52. The fraction of sp³-hybridized carbons (Fsp3) is 0.375. The first-order valence-electron chi connectivity index (χ1n) is 10.5. The Morgan fingerprint density at radius 2 is 1.81 bits per heavy atom. The molecule has 1 saturated carbocycles. The van der Waals surface area contributed by atoms with Crippen molar-refractivity contribution in [2.75, 3.05) is 18.5 Å². The van der Waals surface area contributed by atoms with E-state index in [1.807, 2.05) is 6.07 Å². The van der Waals surface area contributed by atoms with Gasteiger partial charge in [-0.1, -0.05) is 31.1 Å². The van der Waals surface area contributed by atoms with Gasteiger partial charge in [0.15, 0.2) is 11.5 Å². The molecule has 7 nitrogen and oxygen atoms in total. The van der Waals surface area contributed by atoms with E-state index in [1.54, 1.807) is 30.5 Å². The molecule has 31 heavy (non-hydrogen) atoms. The molecule has 0 spiro atoms. The number of hydrogen-bond acceptors (Lipinski definition) is 5. The van der Waals surface area contributed by atoms with E-state index in [4.69, 9.17) is 9.47 Å². The summed E-state index contributed by atoms with van der Waals surface area (Å²) in [4.78, 5) is 28.4. The first-order valence-corrected chi connectivity index (χ1v) is 10.5. The SMILES string of the molecule is CC(=O)Nc1ccc(C#CC2(NC(=O)c3ccc4c(c3)OCCO4)CCCCC2)cn1. The average Bonchev–Trinajstić information content (AvgIpc) is 2.78. The molecule has 1 aromatic carbocycles. The Labute approximate surface area is 181 Å². The van der Waals surface area contributed by atoms with E-state index in [9.17, 15) is 9.59 Å². The summed E-state index contributed by atoms with van der Waals surface area (Å²) in [7, 11) is 0. The summed E-state index contributed by atoms with van der Waals surface area (Å²) in [6, 6.07) is 8.76. The lowest BCUT2D eigenvalue weighted by Crippen LogP contribution is -2.48. The maximum Gasteiger partial charge on any atom is 0.252 e. The number of nitrogens with zero attached hydrogens (tertiary/aromatic N) is 1. The first-order chi connectivity index (χ1) is 15.0. The lowest BCUT2D eigenvalue weighted by molar-refractivity contribution is -0.114. The molecule has 0 bridgehead atoms. The van der Waals surface area contributed by atoms with Gasteiger partial charge in [0.05, 0.1) is 0 Å². The Hall–Kier alpha value is -3.53. The molecular formula is C24H25N3O4. The monoisotopic (exact) mass is 419 g/mol. The summed E-state index contributed by atoms with van der Waals surface area (Å²) in [6.45, 7) is 2.42. The summed E-state index contributed by atoms with van der Waals surface area (Å²) in [5, 5.41) is 5.81. The van der Waals surface area contributed by atoms with E-state index in [2.05, 4.69) is 27.5 Å². The number of pyridine rings is 1. The molecule has 2 heterocycles. The molecule has 1 aliphatic heterocycles. The predicted molar refractivity (Wildman–Crippen MR) is 116 cm³/mol. The zero-order chi connectivity index (χ0) is 21.7. The molecule has 1 fully saturated rings. The fourth-order valence-corrected chi connectivity index (χ4v) is 3.82. The van der Waals surface area contributed by atoms with E-state index >= 15 is 0 Å². The fourth-order valence-electron chi connectivity index (χ4n) is 3.82. The number of ether oxygens (including phenoxy) is 2. The molecule has 2 N–H and O–H groups in total. The number of rotatable bonds is 3. The van der Waals surface area contributed by atoms with Crippen molar-refractivity contribution >= 4 is 17.6 Å². The van der Waals surface area contributed by atoms with Crippen LogP contribution in [-0.2, 0) is 4.79 Å². The second kappa shape index (κ2) is 9.09. The summed E-state index contributed by atoms with van der Waals surface area (Å²) in [6.07, 6.45) is 6.38. The third-order valence-electron chi connectivity index (χ3n) is 5.38. The van der Waals surface area contributed by atoms with Gasteiger partial charge in [-0.3, -0.25) is 9.59 Å². The third-order valence-corrected chi connectivity index (χ3v) is 5.38. The number of anilines is 1. The molecule has 2 amide bonds. The number of nitrogens with one attached hydrogen (secondary N) is 2. The van der Waals surface area contributed by atoms with Crippen LogP contribution in [0.15, 0.2) is 36.5 Å². The van der Waals surface area contributed by atoms with Crippen LogP contribution in [0.3, 0.4) is 0 Å². The molecule has 1 aromatic heterocycles. The smallest absolute Gasteiger partial charge is 0.252 e. The van der Waals surface area contributed by atoms with Crippen LogP contribution in [-0.4, -0.2) is 35.6 Å². The summed E-state index contributed by atoms with van der Waals surface area (Å²) < 4.78 is 11.1. The minimum atomic E-state index is -0.584. The van der Waals surface area contributed by atoms with Crippen LogP contribution in [0, 0.1) is 11.8 Å². The van der Waals surface area contributed by atoms with Crippen molar-refractivity contribution in [1.29, 1.82) is 0 Å². The molecule has 0 radical (unpaired) electrons. The number of fused-ring (bicyclic) bond motifs is 1. The van der Waals surface area contributed by atoms with Gasteiger partial charge in [-0.15, -0.1) is 0 Å². The lowest BCUT2D eigenvalue weighted by atomic mass is 9.81. The Morgan fingerprint density at radius 3 is 2.52 bits per heavy atom. The molecule has 7 heteroatoms. The maximum absolute atomic E-state index is 13.0. The molecule has 4 rings (SSSR count). The van der Waals surface area contributed by atoms with E-state index in [0.29, 0.717) is 36.1 Å². The third kappa shape index (κ3) is 5.15. The van der Waals surface area contributed by atoms with Crippen LogP contribution in [0.4, 0.5) is 5.82 Å². The standard InChI is InChI=1S/C24H25N3O4/c1-17(28)26-22-8-5-18(16-25-22)9-12-24(10-3-2-4-11-24)27-23(29)19-6-7-20-21(15-19)31-14-13-30-20/h5-8,15-16H,2-4,10-11,13-14H2,1H3,(H,27,29)(H,25,26,28). The second-order valence-corrected chi connectivity index (χ2v) is 7.82. The molecule has 160 valence electrons. The number of aromatic nitrogens is 1. The van der Waals surface area contributed by atoms with Crippen molar-refractivity contribution in [2.45, 2.75) is 44.6 Å². The average molecular weight is 419 g/mol. The van der Waals surface area contributed by atoms with Crippen LogP contribution >= 0.6 is 0 Å². The summed E-state index contributed by atoms with van der Waals surface area (Å²) in [5.41, 5.74) is 0.670. The Bertz CT molecular complexity index is 1030. The van der Waals surface area contributed by atoms with Crippen LogP contribution in [0.1, 0.15) is 54.9 Å². The highest BCUT2D eigenvalue weighted by atomic mass is 16.6. The Morgan fingerprint density at radius 1 is 1.03 bits per heavy atom. The van der Waals surface area contributed by atoms with Gasteiger partial charge >= 0.3 is 0 Å². The minimum absolute atomic E-state index is 0.172. The van der Waals surface area contributed by atoms with Gasteiger partial charge in [-0.05, 0) is 43.2 Å². The van der Waals surface area contributed by atoms with Crippen molar-refractivity contribution in [2.24, 2.45) is 0 Å². The first kappa shape index (κ1) is 20.7.